The minimum Gasteiger partial charge on any atom is -0.228 e. The first-order valence-electron chi connectivity index (χ1n) is 23.6. The van der Waals surface area contributed by atoms with Crippen molar-refractivity contribution in [2.45, 2.75) is 43.9 Å². The standard InChI is InChI=1S/C63H50N4/c1-2-16-42-63(41-15-1,55-37-33-51(34-38-55)59-43-57(64-61(66-59)53-21-11-5-12-22-53)49-29-25-47(26-30-49)45-17-7-3-8-18-45)56-39-35-52(36-40-56)60-44-58(65-62(67-60)54-23-13-6-14-24-54)50-31-27-48(28-32-50)46-19-9-4-10-20-46/h3-14,17-40,43-44H,1-2,15-16,41-42H2. The third-order valence-corrected chi connectivity index (χ3v) is 13.5. The van der Waals surface area contributed by atoms with Crippen LogP contribution in [0.2, 0.25) is 0 Å². The molecule has 0 aliphatic heterocycles. The van der Waals surface area contributed by atoms with Gasteiger partial charge in [-0.3, -0.25) is 0 Å². The molecule has 1 aliphatic carbocycles. The highest BCUT2D eigenvalue weighted by Gasteiger charge is 2.35. The molecule has 10 aromatic rings. The zero-order chi connectivity index (χ0) is 44.8. The Balaban J connectivity index is 0.928. The van der Waals surface area contributed by atoms with Crippen molar-refractivity contribution in [3.05, 3.63) is 242 Å². The summed E-state index contributed by atoms with van der Waals surface area (Å²) in [5.74, 6) is 1.44. The molecule has 11 rings (SSSR count). The van der Waals surface area contributed by atoms with Crippen LogP contribution in [0.5, 0.6) is 0 Å². The predicted octanol–water partition coefficient (Wildman–Crippen LogP) is 16.2. The van der Waals surface area contributed by atoms with Crippen molar-refractivity contribution in [3.8, 4) is 90.1 Å². The molecule has 0 amide bonds. The van der Waals surface area contributed by atoms with Gasteiger partial charge in [-0.25, -0.2) is 19.9 Å². The largest absolute Gasteiger partial charge is 0.228 e. The van der Waals surface area contributed by atoms with Crippen LogP contribution in [0.1, 0.15) is 49.7 Å². The molecule has 322 valence electrons. The molecule has 0 N–H and O–H groups in total. The minimum absolute atomic E-state index is 0.105. The Hall–Kier alpha value is -8.08. The predicted molar refractivity (Wildman–Crippen MR) is 276 cm³/mol. The molecule has 0 atom stereocenters. The lowest BCUT2D eigenvalue weighted by molar-refractivity contribution is 0.446. The number of nitrogens with zero attached hydrogens (tertiary/aromatic N) is 4. The maximum absolute atomic E-state index is 5.18. The van der Waals surface area contributed by atoms with Crippen molar-refractivity contribution in [2.24, 2.45) is 0 Å². The summed E-state index contributed by atoms with van der Waals surface area (Å²) in [6.45, 7) is 0. The first kappa shape index (κ1) is 41.6. The van der Waals surface area contributed by atoms with Crippen LogP contribution in [-0.4, -0.2) is 19.9 Å². The second kappa shape index (κ2) is 18.8. The van der Waals surface area contributed by atoms with Crippen molar-refractivity contribution < 1.29 is 0 Å². The second-order valence-corrected chi connectivity index (χ2v) is 17.7. The summed E-state index contributed by atoms with van der Waals surface area (Å²) in [5.41, 5.74) is 17.3. The van der Waals surface area contributed by atoms with Gasteiger partial charge < -0.3 is 0 Å². The van der Waals surface area contributed by atoms with Gasteiger partial charge in [0.1, 0.15) is 0 Å². The fourth-order valence-corrected chi connectivity index (χ4v) is 9.84. The Morgan fingerprint density at radius 1 is 0.239 bits per heavy atom. The van der Waals surface area contributed by atoms with Crippen molar-refractivity contribution in [1.82, 2.24) is 19.9 Å². The molecule has 0 saturated heterocycles. The molecule has 1 fully saturated rings. The Bertz CT molecular complexity index is 3000. The molecule has 2 heterocycles. The lowest BCUT2D eigenvalue weighted by atomic mass is 9.69. The summed E-state index contributed by atoms with van der Waals surface area (Å²) >= 11 is 0. The van der Waals surface area contributed by atoms with Crippen LogP contribution < -0.4 is 0 Å². The van der Waals surface area contributed by atoms with Gasteiger partial charge >= 0.3 is 0 Å². The normalized spacial score (nSPS) is 13.4. The van der Waals surface area contributed by atoms with E-state index in [-0.39, 0.29) is 5.41 Å². The first-order chi connectivity index (χ1) is 33.1. The van der Waals surface area contributed by atoms with Gasteiger partial charge in [0, 0.05) is 38.8 Å². The SMILES string of the molecule is c1ccc(-c2ccc(-c3cc(-c4ccc(C5(c6ccc(-c7cc(-c8ccc(-c9ccccc9)cc8)nc(-c8ccccc8)n7)cc6)CCCCCC5)cc4)nc(-c4ccccc4)n3)cc2)cc1. The number of hydrogen-bond acceptors (Lipinski definition) is 4. The molecule has 0 unspecified atom stereocenters. The topological polar surface area (TPSA) is 51.6 Å². The summed E-state index contributed by atoms with van der Waals surface area (Å²) in [6.07, 6.45) is 7.12. The van der Waals surface area contributed by atoms with Gasteiger partial charge in [0.15, 0.2) is 11.6 Å². The smallest absolute Gasteiger partial charge is 0.160 e. The average Bonchev–Trinajstić information content (AvgIpc) is 3.69. The molecular formula is C63H50N4. The summed E-state index contributed by atoms with van der Waals surface area (Å²) in [7, 11) is 0. The lowest BCUT2D eigenvalue weighted by Gasteiger charge is -2.35. The fraction of sp³-hybridized carbons (Fsp3) is 0.111. The van der Waals surface area contributed by atoms with E-state index in [1.54, 1.807) is 0 Å². The van der Waals surface area contributed by atoms with E-state index in [2.05, 4.69) is 194 Å². The van der Waals surface area contributed by atoms with Crippen LogP contribution in [0.15, 0.2) is 231 Å². The van der Waals surface area contributed by atoms with E-state index < -0.39 is 0 Å². The second-order valence-electron chi connectivity index (χ2n) is 17.7. The molecule has 67 heavy (non-hydrogen) atoms. The van der Waals surface area contributed by atoms with Gasteiger partial charge in [0.05, 0.1) is 22.8 Å². The lowest BCUT2D eigenvalue weighted by Crippen LogP contribution is -2.27. The number of aromatic nitrogens is 4. The number of benzene rings is 8. The molecular weight excluding hydrogens is 813 g/mol. The third-order valence-electron chi connectivity index (χ3n) is 13.5. The molecule has 0 bridgehead atoms. The van der Waals surface area contributed by atoms with Crippen molar-refractivity contribution >= 4 is 0 Å². The van der Waals surface area contributed by atoms with Crippen molar-refractivity contribution in [2.75, 3.05) is 0 Å². The zero-order valence-corrected chi connectivity index (χ0v) is 37.5. The highest BCUT2D eigenvalue weighted by molar-refractivity contribution is 5.76. The number of rotatable bonds is 10. The van der Waals surface area contributed by atoms with E-state index >= 15 is 0 Å². The molecule has 1 saturated carbocycles. The minimum atomic E-state index is -0.105. The van der Waals surface area contributed by atoms with E-state index in [4.69, 9.17) is 19.9 Å². The summed E-state index contributed by atoms with van der Waals surface area (Å²) < 4.78 is 0. The highest BCUT2D eigenvalue weighted by Crippen LogP contribution is 2.45. The van der Waals surface area contributed by atoms with Crippen molar-refractivity contribution in [1.29, 1.82) is 0 Å². The average molecular weight is 863 g/mol. The van der Waals surface area contributed by atoms with Gasteiger partial charge in [0.2, 0.25) is 0 Å². The van der Waals surface area contributed by atoms with E-state index in [1.807, 2.05) is 36.4 Å². The van der Waals surface area contributed by atoms with E-state index in [0.29, 0.717) is 0 Å². The van der Waals surface area contributed by atoms with Crippen molar-refractivity contribution in [3.63, 3.8) is 0 Å². The third kappa shape index (κ3) is 8.87. The zero-order valence-electron chi connectivity index (χ0n) is 37.5. The van der Waals surface area contributed by atoms with Crippen LogP contribution in [0, 0.1) is 0 Å². The first-order valence-corrected chi connectivity index (χ1v) is 23.6. The van der Waals surface area contributed by atoms with E-state index in [0.717, 1.165) is 80.6 Å². The van der Waals surface area contributed by atoms with Gasteiger partial charge in [-0.05, 0) is 58.4 Å². The number of hydrogen-bond donors (Lipinski definition) is 0. The maximum atomic E-state index is 5.18. The Labute approximate surface area is 393 Å². The Kier molecular flexibility index (Phi) is 11.7. The Morgan fingerprint density at radius 2 is 0.493 bits per heavy atom. The monoisotopic (exact) mass is 862 g/mol. The van der Waals surface area contributed by atoms with Gasteiger partial charge in [-0.15, -0.1) is 0 Å². The fourth-order valence-electron chi connectivity index (χ4n) is 9.84. The molecule has 1 aliphatic rings. The van der Waals surface area contributed by atoms with E-state index in [1.165, 1.54) is 59.1 Å². The molecule has 4 nitrogen and oxygen atoms in total. The molecule has 8 aromatic carbocycles. The van der Waals surface area contributed by atoms with Crippen LogP contribution in [-0.2, 0) is 5.41 Å². The summed E-state index contributed by atoms with van der Waals surface area (Å²) in [4.78, 5) is 20.6. The van der Waals surface area contributed by atoms with E-state index in [9.17, 15) is 0 Å². The quantitative estimate of drug-likeness (QED) is 0.129. The highest BCUT2D eigenvalue weighted by atomic mass is 14.9. The maximum Gasteiger partial charge on any atom is 0.160 e. The van der Waals surface area contributed by atoms with Crippen LogP contribution in [0.25, 0.3) is 90.1 Å². The molecule has 2 aromatic heterocycles. The van der Waals surface area contributed by atoms with Crippen LogP contribution >= 0.6 is 0 Å². The van der Waals surface area contributed by atoms with Gasteiger partial charge in [-0.2, -0.15) is 0 Å². The summed E-state index contributed by atoms with van der Waals surface area (Å²) in [5, 5.41) is 0. The molecule has 0 spiro atoms. The van der Waals surface area contributed by atoms with Gasteiger partial charge in [-0.1, -0.05) is 244 Å². The molecule has 4 heteroatoms. The van der Waals surface area contributed by atoms with Gasteiger partial charge in [0.25, 0.3) is 0 Å². The Morgan fingerprint density at radius 3 is 0.806 bits per heavy atom. The van der Waals surface area contributed by atoms with Crippen LogP contribution in [0.3, 0.4) is 0 Å². The summed E-state index contributed by atoms with van der Waals surface area (Å²) in [6, 6.07) is 81.8. The molecule has 0 radical (unpaired) electrons. The van der Waals surface area contributed by atoms with Crippen LogP contribution in [0.4, 0.5) is 0 Å².